The molecule has 5 nitrogen and oxygen atoms in total. The molecule has 1 heterocycles. The summed E-state index contributed by atoms with van der Waals surface area (Å²) in [6, 6.07) is 0. The van der Waals surface area contributed by atoms with Crippen LogP contribution in [0.5, 0.6) is 0 Å². The van der Waals surface area contributed by atoms with E-state index in [4.69, 9.17) is 0 Å². The first-order chi connectivity index (χ1) is 7.95. The Bertz CT molecular complexity index is 437. The summed E-state index contributed by atoms with van der Waals surface area (Å²) in [5.74, 6) is 0.543. The molecule has 0 aliphatic rings. The molecule has 17 heavy (non-hydrogen) atoms. The van der Waals surface area contributed by atoms with Crippen molar-refractivity contribution >= 4 is 27.7 Å². The van der Waals surface area contributed by atoms with Crippen LogP contribution in [0.1, 0.15) is 19.4 Å². The molecular formula is C11H17BrN4O. The molecule has 1 rings (SSSR count). The molecular weight excluding hydrogens is 284 g/mol. The zero-order valence-electron chi connectivity index (χ0n) is 10.6. The lowest BCUT2D eigenvalue weighted by molar-refractivity contribution is -0.117. The van der Waals surface area contributed by atoms with Crippen molar-refractivity contribution < 1.29 is 4.79 Å². The van der Waals surface area contributed by atoms with Crippen molar-refractivity contribution in [3.63, 3.8) is 0 Å². The second-order valence-electron chi connectivity index (χ2n) is 3.90. The van der Waals surface area contributed by atoms with Crippen molar-refractivity contribution in [2.75, 3.05) is 14.1 Å². The van der Waals surface area contributed by atoms with Crippen molar-refractivity contribution in [2.45, 2.75) is 26.8 Å². The number of amidine groups is 1. The lowest BCUT2D eigenvalue weighted by Crippen LogP contribution is -2.20. The average molecular weight is 301 g/mol. The predicted molar refractivity (Wildman–Crippen MR) is 71.1 cm³/mol. The van der Waals surface area contributed by atoms with Gasteiger partial charge in [0.25, 0.3) is 5.91 Å². The third-order valence-corrected chi connectivity index (χ3v) is 3.34. The molecule has 0 aliphatic carbocycles. The zero-order valence-corrected chi connectivity index (χ0v) is 12.2. The van der Waals surface area contributed by atoms with Crippen molar-refractivity contribution in [3.05, 3.63) is 16.4 Å². The fourth-order valence-electron chi connectivity index (χ4n) is 1.23. The Balaban J connectivity index is 2.75. The van der Waals surface area contributed by atoms with E-state index < -0.39 is 0 Å². The molecule has 0 saturated carbocycles. The van der Waals surface area contributed by atoms with E-state index in [1.807, 2.05) is 32.8 Å². The van der Waals surface area contributed by atoms with Crippen LogP contribution in [0, 0.1) is 0 Å². The minimum Gasteiger partial charge on any atom is -0.366 e. The minimum atomic E-state index is -0.160. The van der Waals surface area contributed by atoms with E-state index in [1.54, 1.807) is 10.9 Å². The van der Waals surface area contributed by atoms with Gasteiger partial charge in [-0.25, -0.2) is 4.99 Å². The van der Waals surface area contributed by atoms with E-state index in [-0.39, 0.29) is 12.3 Å². The summed E-state index contributed by atoms with van der Waals surface area (Å²) in [6.07, 6.45) is 1.97. The van der Waals surface area contributed by atoms with Gasteiger partial charge in [0.2, 0.25) is 0 Å². The van der Waals surface area contributed by atoms with E-state index in [0.717, 1.165) is 16.7 Å². The molecule has 6 heteroatoms. The van der Waals surface area contributed by atoms with Crippen LogP contribution in [0.2, 0.25) is 0 Å². The lowest BCUT2D eigenvalue weighted by Gasteiger charge is -2.09. The Kier molecular flexibility index (Phi) is 4.86. The van der Waals surface area contributed by atoms with Crippen LogP contribution in [0.15, 0.2) is 15.8 Å². The second-order valence-corrected chi connectivity index (χ2v) is 4.65. The largest absolute Gasteiger partial charge is 0.366 e. The third kappa shape index (κ3) is 3.66. The molecule has 0 atom stereocenters. The van der Waals surface area contributed by atoms with Crippen LogP contribution in [-0.4, -0.2) is 40.5 Å². The first-order valence-corrected chi connectivity index (χ1v) is 6.20. The molecule has 0 aliphatic heterocycles. The van der Waals surface area contributed by atoms with Gasteiger partial charge in [-0.15, -0.1) is 0 Å². The number of hydrogen-bond donors (Lipinski definition) is 0. The molecule has 1 aromatic heterocycles. The molecule has 0 N–H and O–H groups in total. The van der Waals surface area contributed by atoms with Gasteiger partial charge in [0.05, 0.1) is 12.6 Å². The summed E-state index contributed by atoms with van der Waals surface area (Å²) in [5.41, 5.74) is 0.868. The molecule has 0 saturated heterocycles. The summed E-state index contributed by atoms with van der Waals surface area (Å²) in [4.78, 5) is 17.5. The quantitative estimate of drug-likeness (QED) is 0.631. The number of nitrogens with zero attached hydrogens (tertiary/aromatic N) is 4. The first kappa shape index (κ1) is 13.9. The molecule has 0 unspecified atom stereocenters. The van der Waals surface area contributed by atoms with E-state index >= 15 is 0 Å². The zero-order chi connectivity index (χ0) is 13.0. The number of aliphatic imine (C=N–C) groups is 1. The number of rotatable bonds is 3. The summed E-state index contributed by atoms with van der Waals surface area (Å²) >= 11 is 3.42. The Morgan fingerprint density at radius 3 is 2.71 bits per heavy atom. The average Bonchev–Trinajstić information content (AvgIpc) is 2.59. The standard InChI is InChI=1S/C11H17BrN4O/c1-5-16-11(12)9(7-13-16)6-10(17)14-8(2)15(3)4/h7H,5-6H2,1-4H3. The fraction of sp³-hybridized carbons (Fsp3) is 0.545. The van der Waals surface area contributed by atoms with Crippen molar-refractivity contribution in [1.82, 2.24) is 14.7 Å². The smallest absolute Gasteiger partial charge is 0.251 e. The number of aryl methyl sites for hydroxylation is 1. The van der Waals surface area contributed by atoms with Gasteiger partial charge in [0.15, 0.2) is 0 Å². The Morgan fingerprint density at radius 2 is 2.24 bits per heavy atom. The molecule has 0 spiro atoms. The van der Waals surface area contributed by atoms with Crippen LogP contribution >= 0.6 is 15.9 Å². The maximum Gasteiger partial charge on any atom is 0.251 e. The summed E-state index contributed by atoms with van der Waals surface area (Å²) < 4.78 is 2.65. The summed E-state index contributed by atoms with van der Waals surface area (Å²) in [6.45, 7) is 4.58. The SMILES string of the molecule is CCn1ncc(CC(=O)N=C(C)N(C)C)c1Br. The second kappa shape index (κ2) is 5.95. The molecule has 0 radical (unpaired) electrons. The van der Waals surface area contributed by atoms with Gasteiger partial charge in [0.1, 0.15) is 10.4 Å². The Morgan fingerprint density at radius 1 is 1.59 bits per heavy atom. The molecule has 0 fully saturated rings. The third-order valence-electron chi connectivity index (χ3n) is 2.42. The summed E-state index contributed by atoms with van der Waals surface area (Å²) in [7, 11) is 3.72. The van der Waals surface area contributed by atoms with E-state index in [0.29, 0.717) is 5.84 Å². The predicted octanol–water partition coefficient (Wildman–Crippen LogP) is 1.71. The molecule has 0 aromatic carbocycles. The van der Waals surface area contributed by atoms with Crippen LogP contribution in [-0.2, 0) is 17.8 Å². The first-order valence-electron chi connectivity index (χ1n) is 5.41. The monoisotopic (exact) mass is 300 g/mol. The van der Waals surface area contributed by atoms with Crippen LogP contribution in [0.3, 0.4) is 0 Å². The van der Waals surface area contributed by atoms with Gasteiger partial charge >= 0.3 is 0 Å². The number of hydrogen-bond acceptors (Lipinski definition) is 2. The Labute approximate surface area is 110 Å². The normalized spacial score (nSPS) is 11.7. The molecule has 94 valence electrons. The van der Waals surface area contributed by atoms with Crippen LogP contribution in [0.4, 0.5) is 0 Å². The van der Waals surface area contributed by atoms with Gasteiger partial charge in [0, 0.05) is 26.2 Å². The van der Waals surface area contributed by atoms with Crippen molar-refractivity contribution in [3.8, 4) is 0 Å². The van der Waals surface area contributed by atoms with Gasteiger partial charge in [-0.05, 0) is 29.8 Å². The van der Waals surface area contributed by atoms with Crippen molar-refractivity contribution in [2.24, 2.45) is 4.99 Å². The van der Waals surface area contributed by atoms with Gasteiger partial charge in [-0.1, -0.05) is 0 Å². The van der Waals surface area contributed by atoms with Crippen LogP contribution in [0.25, 0.3) is 0 Å². The molecule has 1 amide bonds. The molecule has 0 bridgehead atoms. The number of amides is 1. The van der Waals surface area contributed by atoms with Crippen molar-refractivity contribution in [1.29, 1.82) is 0 Å². The Hall–Kier alpha value is -1.17. The van der Waals surface area contributed by atoms with E-state index in [9.17, 15) is 4.79 Å². The highest BCUT2D eigenvalue weighted by Crippen LogP contribution is 2.17. The minimum absolute atomic E-state index is 0.160. The summed E-state index contributed by atoms with van der Waals surface area (Å²) in [5, 5.41) is 4.16. The highest BCUT2D eigenvalue weighted by Gasteiger charge is 2.11. The maximum absolute atomic E-state index is 11.7. The molecule has 1 aromatic rings. The fourth-order valence-corrected chi connectivity index (χ4v) is 1.82. The van der Waals surface area contributed by atoms with Gasteiger partial charge < -0.3 is 4.90 Å². The maximum atomic E-state index is 11.7. The lowest BCUT2D eigenvalue weighted by atomic mass is 10.2. The number of carbonyl (C=O) groups is 1. The highest BCUT2D eigenvalue weighted by molar-refractivity contribution is 9.10. The number of halogens is 1. The van der Waals surface area contributed by atoms with Gasteiger partial charge in [-0.2, -0.15) is 5.10 Å². The van der Waals surface area contributed by atoms with E-state index in [1.165, 1.54) is 0 Å². The number of aromatic nitrogens is 2. The van der Waals surface area contributed by atoms with Crippen LogP contribution < -0.4 is 0 Å². The number of carbonyl (C=O) groups excluding carboxylic acids is 1. The topological polar surface area (TPSA) is 50.5 Å². The van der Waals surface area contributed by atoms with E-state index in [2.05, 4.69) is 26.0 Å². The highest BCUT2D eigenvalue weighted by atomic mass is 79.9. The van der Waals surface area contributed by atoms with Gasteiger partial charge in [-0.3, -0.25) is 9.48 Å².